The van der Waals surface area contributed by atoms with Gasteiger partial charge < -0.3 is 4.74 Å². The number of ether oxygens (including phenoxy) is 1. The molecule has 0 bridgehead atoms. The van der Waals surface area contributed by atoms with E-state index in [1.54, 1.807) is 91.0 Å². The average molecular weight is 472 g/mol. The maximum absolute atomic E-state index is 13.1. The molecule has 4 rings (SSSR count). The van der Waals surface area contributed by atoms with E-state index in [1.807, 2.05) is 0 Å². The van der Waals surface area contributed by atoms with Gasteiger partial charge in [0.2, 0.25) is 5.78 Å². The summed E-state index contributed by atoms with van der Waals surface area (Å²) in [6, 6.07) is 31.2. The number of nitrogens with one attached hydrogen (secondary N) is 1. The Labute approximate surface area is 197 Å². The van der Waals surface area contributed by atoms with Gasteiger partial charge in [0.05, 0.1) is 10.5 Å². The summed E-state index contributed by atoms with van der Waals surface area (Å²) in [7, 11) is -3.83. The second-order valence-electron chi connectivity index (χ2n) is 7.42. The number of hydrogen-bond donors (Lipinski definition) is 1. The molecule has 0 aliphatic rings. The summed E-state index contributed by atoms with van der Waals surface area (Å²) in [6.07, 6.45) is -1.14. The molecule has 0 fully saturated rings. The maximum Gasteiger partial charge on any atom is 0.339 e. The number of anilines is 1. The van der Waals surface area contributed by atoms with Crippen molar-refractivity contribution in [3.63, 3.8) is 0 Å². The Kier molecular flexibility index (Phi) is 6.85. The van der Waals surface area contributed by atoms with Gasteiger partial charge in [-0.2, -0.15) is 0 Å². The summed E-state index contributed by atoms with van der Waals surface area (Å²) in [5, 5.41) is 0. The lowest BCUT2D eigenvalue weighted by Gasteiger charge is -2.17. The molecule has 0 spiro atoms. The van der Waals surface area contributed by atoms with Crippen LogP contribution in [-0.2, 0) is 14.8 Å². The monoisotopic (exact) mass is 471 g/mol. The summed E-state index contributed by atoms with van der Waals surface area (Å²) in [5.41, 5.74) is 1.50. The number of carbonyl (C=O) groups excluding carboxylic acids is 2. The third kappa shape index (κ3) is 5.39. The van der Waals surface area contributed by atoms with E-state index in [1.165, 1.54) is 24.3 Å². The lowest BCUT2D eigenvalue weighted by molar-refractivity contribution is 0.0280. The topological polar surface area (TPSA) is 89.5 Å². The molecule has 0 amide bonds. The van der Waals surface area contributed by atoms with Crippen molar-refractivity contribution in [3.8, 4) is 0 Å². The lowest BCUT2D eigenvalue weighted by Crippen LogP contribution is -2.20. The van der Waals surface area contributed by atoms with Crippen LogP contribution in [0.2, 0.25) is 0 Å². The molecule has 7 heteroatoms. The summed E-state index contributed by atoms with van der Waals surface area (Å²) in [5.74, 6) is -1.09. The first-order chi connectivity index (χ1) is 16.4. The number of para-hydroxylation sites is 1. The van der Waals surface area contributed by atoms with Gasteiger partial charge in [-0.3, -0.25) is 9.52 Å². The fourth-order valence-corrected chi connectivity index (χ4v) is 4.38. The zero-order valence-corrected chi connectivity index (χ0v) is 18.8. The predicted molar refractivity (Wildman–Crippen MR) is 129 cm³/mol. The molecule has 0 saturated heterocycles. The van der Waals surface area contributed by atoms with Crippen LogP contribution >= 0.6 is 0 Å². The van der Waals surface area contributed by atoms with E-state index in [0.717, 1.165) is 0 Å². The van der Waals surface area contributed by atoms with Crippen molar-refractivity contribution < 1.29 is 22.7 Å². The molecule has 0 aliphatic heterocycles. The minimum atomic E-state index is -3.83. The fourth-order valence-electron chi connectivity index (χ4n) is 3.32. The number of Topliss-reactive ketones (excluding diaryl/α,β-unsaturated/α-hetero) is 1. The highest BCUT2D eigenvalue weighted by Gasteiger charge is 2.27. The smallest absolute Gasteiger partial charge is 0.339 e. The Bertz CT molecular complexity index is 1370. The Hall–Kier alpha value is -4.23. The van der Waals surface area contributed by atoms with Crippen LogP contribution < -0.4 is 4.72 Å². The minimum Gasteiger partial charge on any atom is -0.445 e. The van der Waals surface area contributed by atoms with Crippen LogP contribution in [-0.4, -0.2) is 20.2 Å². The van der Waals surface area contributed by atoms with Crippen molar-refractivity contribution in [2.24, 2.45) is 0 Å². The number of ketones is 1. The summed E-state index contributed by atoms with van der Waals surface area (Å²) >= 11 is 0. The van der Waals surface area contributed by atoms with Gasteiger partial charge in [-0.15, -0.1) is 0 Å². The Balaban J connectivity index is 1.54. The predicted octanol–water partition coefficient (Wildman–Crippen LogP) is 5.27. The van der Waals surface area contributed by atoms with E-state index in [4.69, 9.17) is 4.74 Å². The van der Waals surface area contributed by atoms with E-state index in [9.17, 15) is 18.0 Å². The van der Waals surface area contributed by atoms with Crippen LogP contribution in [0, 0.1) is 0 Å². The zero-order chi connectivity index (χ0) is 24.0. The van der Waals surface area contributed by atoms with Crippen molar-refractivity contribution in [1.29, 1.82) is 0 Å². The molecule has 1 atom stereocenters. The van der Waals surface area contributed by atoms with Gasteiger partial charge in [0, 0.05) is 16.8 Å². The third-order valence-corrected chi connectivity index (χ3v) is 6.45. The highest BCUT2D eigenvalue weighted by Crippen LogP contribution is 2.25. The molecule has 170 valence electrons. The quantitative estimate of drug-likeness (QED) is 0.279. The lowest BCUT2D eigenvalue weighted by atomic mass is 10.00. The third-order valence-electron chi connectivity index (χ3n) is 5.05. The number of hydrogen-bond acceptors (Lipinski definition) is 5. The van der Waals surface area contributed by atoms with Gasteiger partial charge >= 0.3 is 5.97 Å². The first-order valence-electron chi connectivity index (χ1n) is 10.5. The summed E-state index contributed by atoms with van der Waals surface area (Å²) in [4.78, 5) is 26.0. The van der Waals surface area contributed by atoms with Crippen molar-refractivity contribution in [1.82, 2.24) is 0 Å². The number of sulfonamides is 1. The molecule has 6 nitrogen and oxygen atoms in total. The molecular formula is C27H21NO5S. The standard InChI is InChI=1S/C27H21NO5S/c29-25(20-10-4-1-5-11-20)26(21-12-6-2-7-13-21)33-27(30)22-16-18-24(19-17-22)34(31,32)28-23-14-8-3-9-15-23/h1-19,26,28H. The van der Waals surface area contributed by atoms with Gasteiger partial charge in [0.15, 0.2) is 6.10 Å². The number of benzene rings is 4. The van der Waals surface area contributed by atoms with Crippen molar-refractivity contribution in [3.05, 3.63) is 132 Å². The number of rotatable bonds is 8. The van der Waals surface area contributed by atoms with Crippen LogP contribution in [0.15, 0.2) is 120 Å². The molecule has 1 unspecified atom stereocenters. The van der Waals surface area contributed by atoms with Crippen LogP contribution in [0.25, 0.3) is 0 Å². The van der Waals surface area contributed by atoms with Crippen LogP contribution in [0.5, 0.6) is 0 Å². The van der Waals surface area contributed by atoms with Gasteiger partial charge in [-0.1, -0.05) is 78.9 Å². The molecule has 1 N–H and O–H groups in total. The SMILES string of the molecule is O=C(OC(C(=O)c1ccccc1)c1ccccc1)c1ccc(S(=O)(=O)Nc2ccccc2)cc1. The first kappa shape index (κ1) is 22.9. The fraction of sp³-hybridized carbons (Fsp3) is 0.0370. The average Bonchev–Trinajstić information content (AvgIpc) is 2.88. The molecule has 4 aromatic carbocycles. The van der Waals surface area contributed by atoms with E-state index in [-0.39, 0.29) is 16.2 Å². The summed E-state index contributed by atoms with van der Waals surface area (Å²) in [6.45, 7) is 0. The highest BCUT2D eigenvalue weighted by molar-refractivity contribution is 7.92. The van der Waals surface area contributed by atoms with Crippen molar-refractivity contribution in [2.75, 3.05) is 4.72 Å². The molecule has 0 aromatic heterocycles. The second kappa shape index (κ2) is 10.1. The second-order valence-corrected chi connectivity index (χ2v) is 9.10. The van der Waals surface area contributed by atoms with E-state index >= 15 is 0 Å². The molecule has 0 saturated carbocycles. The number of carbonyl (C=O) groups is 2. The number of esters is 1. The minimum absolute atomic E-state index is 0.00660. The van der Waals surface area contributed by atoms with Gasteiger partial charge in [-0.25, -0.2) is 13.2 Å². The van der Waals surface area contributed by atoms with Gasteiger partial charge in [0.1, 0.15) is 0 Å². The largest absolute Gasteiger partial charge is 0.445 e. The van der Waals surface area contributed by atoms with E-state index in [0.29, 0.717) is 16.8 Å². The first-order valence-corrected chi connectivity index (χ1v) is 12.0. The highest BCUT2D eigenvalue weighted by atomic mass is 32.2. The Morgan fingerprint density at radius 3 is 1.76 bits per heavy atom. The Morgan fingerprint density at radius 1 is 0.647 bits per heavy atom. The Morgan fingerprint density at radius 2 is 1.18 bits per heavy atom. The van der Waals surface area contributed by atoms with Crippen LogP contribution in [0.3, 0.4) is 0 Å². The van der Waals surface area contributed by atoms with Crippen LogP contribution in [0.4, 0.5) is 5.69 Å². The zero-order valence-electron chi connectivity index (χ0n) is 18.0. The van der Waals surface area contributed by atoms with E-state index < -0.39 is 22.1 Å². The van der Waals surface area contributed by atoms with Crippen molar-refractivity contribution in [2.45, 2.75) is 11.0 Å². The molecule has 0 radical (unpaired) electrons. The molecular weight excluding hydrogens is 450 g/mol. The van der Waals surface area contributed by atoms with Crippen LogP contribution in [0.1, 0.15) is 32.4 Å². The molecule has 0 heterocycles. The summed E-state index contributed by atoms with van der Waals surface area (Å²) < 4.78 is 33.3. The van der Waals surface area contributed by atoms with Gasteiger partial charge in [0.25, 0.3) is 10.0 Å². The molecule has 34 heavy (non-hydrogen) atoms. The maximum atomic E-state index is 13.1. The molecule has 4 aromatic rings. The molecule has 0 aliphatic carbocycles. The van der Waals surface area contributed by atoms with E-state index in [2.05, 4.69) is 4.72 Å². The van der Waals surface area contributed by atoms with Gasteiger partial charge in [-0.05, 0) is 36.4 Å². The van der Waals surface area contributed by atoms with Crippen molar-refractivity contribution >= 4 is 27.5 Å². The normalized spacial score (nSPS) is 11.9.